The quantitative estimate of drug-likeness (QED) is 0.644. The van der Waals surface area contributed by atoms with E-state index < -0.39 is 0 Å². The summed E-state index contributed by atoms with van der Waals surface area (Å²) >= 11 is 3.56. The van der Waals surface area contributed by atoms with Crippen LogP contribution in [-0.4, -0.2) is 4.98 Å². The largest absolute Gasteiger partial charge is 0.435 e. The van der Waals surface area contributed by atoms with Gasteiger partial charge in [0.2, 0.25) is 5.89 Å². The summed E-state index contributed by atoms with van der Waals surface area (Å²) < 4.78 is 6.87. The van der Waals surface area contributed by atoms with Crippen LogP contribution in [0.1, 0.15) is 25.0 Å². The lowest BCUT2D eigenvalue weighted by molar-refractivity contribution is 0.618. The maximum Gasteiger partial charge on any atom is 0.227 e. The van der Waals surface area contributed by atoms with Crippen molar-refractivity contribution in [2.75, 3.05) is 0 Å². The Kier molecular flexibility index (Phi) is 3.62. The smallest absolute Gasteiger partial charge is 0.227 e. The van der Waals surface area contributed by atoms with Gasteiger partial charge in [0.05, 0.1) is 4.47 Å². The fourth-order valence-electron chi connectivity index (χ4n) is 2.26. The van der Waals surface area contributed by atoms with Crippen molar-refractivity contribution in [3.63, 3.8) is 0 Å². The van der Waals surface area contributed by atoms with E-state index in [0.29, 0.717) is 5.89 Å². The molecule has 0 fully saturated rings. The van der Waals surface area contributed by atoms with E-state index in [9.17, 15) is 0 Å². The SMILES string of the molecule is CCc1ccc(-c2nc3cc(CC)cc(Br)c3o2)cc1. The van der Waals surface area contributed by atoms with E-state index in [1.54, 1.807) is 0 Å². The molecule has 0 aliphatic rings. The molecule has 1 aromatic heterocycles. The van der Waals surface area contributed by atoms with E-state index in [1.165, 1.54) is 11.1 Å². The van der Waals surface area contributed by atoms with Gasteiger partial charge in [-0.05, 0) is 64.2 Å². The molecule has 1 heterocycles. The molecule has 0 saturated carbocycles. The molecular formula is C17H16BrNO. The third-order valence-corrected chi connectivity index (χ3v) is 4.11. The molecule has 0 spiro atoms. The molecule has 3 rings (SSSR count). The Morgan fingerprint density at radius 1 is 1.00 bits per heavy atom. The number of rotatable bonds is 3. The lowest BCUT2D eigenvalue weighted by atomic mass is 10.1. The number of fused-ring (bicyclic) bond motifs is 1. The van der Waals surface area contributed by atoms with Gasteiger partial charge >= 0.3 is 0 Å². The summed E-state index contributed by atoms with van der Waals surface area (Å²) in [6.45, 7) is 4.29. The van der Waals surface area contributed by atoms with Gasteiger partial charge in [-0.15, -0.1) is 0 Å². The summed E-state index contributed by atoms with van der Waals surface area (Å²) in [7, 11) is 0. The van der Waals surface area contributed by atoms with Crippen molar-refractivity contribution < 1.29 is 4.42 Å². The number of oxazole rings is 1. The fourth-order valence-corrected chi connectivity index (χ4v) is 2.84. The first-order valence-corrected chi connectivity index (χ1v) is 7.68. The zero-order valence-electron chi connectivity index (χ0n) is 11.6. The Bertz CT molecular complexity index is 744. The Morgan fingerprint density at radius 3 is 2.35 bits per heavy atom. The molecular weight excluding hydrogens is 314 g/mol. The van der Waals surface area contributed by atoms with Crippen LogP contribution in [0.15, 0.2) is 45.3 Å². The van der Waals surface area contributed by atoms with Crippen LogP contribution < -0.4 is 0 Å². The van der Waals surface area contributed by atoms with Crippen molar-refractivity contribution >= 4 is 27.0 Å². The molecule has 0 aliphatic carbocycles. The van der Waals surface area contributed by atoms with E-state index in [0.717, 1.165) is 34.0 Å². The molecule has 0 aliphatic heterocycles. The number of halogens is 1. The highest BCUT2D eigenvalue weighted by Crippen LogP contribution is 2.30. The minimum Gasteiger partial charge on any atom is -0.435 e. The highest BCUT2D eigenvalue weighted by molar-refractivity contribution is 9.10. The molecule has 102 valence electrons. The number of nitrogens with zero attached hydrogens (tertiary/aromatic N) is 1. The van der Waals surface area contributed by atoms with Crippen LogP contribution in [0.3, 0.4) is 0 Å². The summed E-state index contributed by atoms with van der Waals surface area (Å²) in [6.07, 6.45) is 2.03. The second-order valence-electron chi connectivity index (χ2n) is 4.85. The lowest BCUT2D eigenvalue weighted by Crippen LogP contribution is -1.82. The van der Waals surface area contributed by atoms with E-state index in [1.807, 2.05) is 0 Å². The second kappa shape index (κ2) is 5.41. The first-order chi connectivity index (χ1) is 9.71. The van der Waals surface area contributed by atoms with Gasteiger partial charge < -0.3 is 4.42 Å². The maximum atomic E-state index is 5.90. The van der Waals surface area contributed by atoms with Gasteiger partial charge in [0, 0.05) is 5.56 Å². The van der Waals surface area contributed by atoms with Gasteiger partial charge in [-0.2, -0.15) is 0 Å². The van der Waals surface area contributed by atoms with Crippen molar-refractivity contribution in [2.24, 2.45) is 0 Å². The predicted octanol–water partition coefficient (Wildman–Crippen LogP) is 5.38. The monoisotopic (exact) mass is 329 g/mol. The maximum absolute atomic E-state index is 5.90. The molecule has 0 N–H and O–H groups in total. The molecule has 0 saturated heterocycles. The number of aryl methyl sites for hydroxylation is 2. The van der Waals surface area contributed by atoms with E-state index in [-0.39, 0.29) is 0 Å². The van der Waals surface area contributed by atoms with E-state index in [4.69, 9.17) is 4.42 Å². The molecule has 0 amide bonds. The topological polar surface area (TPSA) is 26.0 Å². The normalized spacial score (nSPS) is 11.2. The standard InChI is InChI=1S/C17H16BrNO/c1-3-11-5-7-13(8-6-11)17-19-15-10-12(4-2)9-14(18)16(15)20-17/h5-10H,3-4H2,1-2H3. The van der Waals surface area contributed by atoms with E-state index >= 15 is 0 Å². The van der Waals surface area contributed by atoms with Crippen molar-refractivity contribution in [1.29, 1.82) is 0 Å². The molecule has 2 aromatic carbocycles. The Balaban J connectivity index is 2.09. The van der Waals surface area contributed by atoms with Crippen LogP contribution in [0.25, 0.3) is 22.6 Å². The van der Waals surface area contributed by atoms with Crippen LogP contribution in [0.5, 0.6) is 0 Å². The highest BCUT2D eigenvalue weighted by atomic mass is 79.9. The summed E-state index contributed by atoms with van der Waals surface area (Å²) in [5, 5.41) is 0. The number of benzene rings is 2. The third-order valence-electron chi connectivity index (χ3n) is 3.52. The Morgan fingerprint density at radius 2 is 1.70 bits per heavy atom. The lowest BCUT2D eigenvalue weighted by Gasteiger charge is -1.98. The summed E-state index contributed by atoms with van der Waals surface area (Å²) in [4.78, 5) is 4.61. The van der Waals surface area contributed by atoms with Crippen molar-refractivity contribution in [2.45, 2.75) is 26.7 Å². The fraction of sp³-hybridized carbons (Fsp3) is 0.235. The molecule has 20 heavy (non-hydrogen) atoms. The molecule has 0 bridgehead atoms. The zero-order valence-corrected chi connectivity index (χ0v) is 13.2. The average Bonchev–Trinajstić information content (AvgIpc) is 2.92. The Labute approximate surface area is 127 Å². The minimum absolute atomic E-state index is 0.677. The minimum atomic E-state index is 0.677. The zero-order chi connectivity index (χ0) is 14.1. The predicted molar refractivity (Wildman–Crippen MR) is 85.9 cm³/mol. The molecule has 0 radical (unpaired) electrons. The van der Waals surface area contributed by atoms with Crippen molar-refractivity contribution in [3.05, 3.63) is 52.0 Å². The third kappa shape index (κ3) is 2.38. The summed E-state index contributed by atoms with van der Waals surface area (Å²) in [5.41, 5.74) is 5.32. The average molecular weight is 330 g/mol. The van der Waals surface area contributed by atoms with E-state index in [2.05, 4.69) is 71.2 Å². The first-order valence-electron chi connectivity index (χ1n) is 6.89. The Hall–Kier alpha value is -1.61. The molecule has 0 unspecified atom stereocenters. The van der Waals surface area contributed by atoms with Crippen molar-refractivity contribution in [3.8, 4) is 11.5 Å². The first kappa shape index (κ1) is 13.4. The van der Waals surface area contributed by atoms with Crippen LogP contribution in [-0.2, 0) is 12.8 Å². The number of aromatic nitrogens is 1. The van der Waals surface area contributed by atoms with Crippen molar-refractivity contribution in [1.82, 2.24) is 4.98 Å². The van der Waals surface area contributed by atoms with Gasteiger partial charge in [0.1, 0.15) is 5.52 Å². The van der Waals surface area contributed by atoms with Crippen LogP contribution in [0, 0.1) is 0 Å². The number of hydrogen-bond donors (Lipinski definition) is 0. The number of hydrogen-bond acceptors (Lipinski definition) is 2. The highest BCUT2D eigenvalue weighted by Gasteiger charge is 2.11. The second-order valence-corrected chi connectivity index (χ2v) is 5.70. The molecule has 3 heteroatoms. The van der Waals surface area contributed by atoms with Gasteiger partial charge in [-0.25, -0.2) is 4.98 Å². The van der Waals surface area contributed by atoms with Gasteiger partial charge in [0.15, 0.2) is 5.58 Å². The van der Waals surface area contributed by atoms with Crippen LogP contribution in [0.4, 0.5) is 0 Å². The van der Waals surface area contributed by atoms with Gasteiger partial charge in [-0.3, -0.25) is 0 Å². The van der Waals surface area contributed by atoms with Crippen LogP contribution >= 0.6 is 15.9 Å². The summed E-state index contributed by atoms with van der Waals surface area (Å²) in [5.74, 6) is 0.677. The summed E-state index contributed by atoms with van der Waals surface area (Å²) in [6, 6.07) is 12.6. The van der Waals surface area contributed by atoms with Gasteiger partial charge in [0.25, 0.3) is 0 Å². The molecule has 2 nitrogen and oxygen atoms in total. The van der Waals surface area contributed by atoms with Crippen LogP contribution in [0.2, 0.25) is 0 Å². The van der Waals surface area contributed by atoms with Gasteiger partial charge in [-0.1, -0.05) is 26.0 Å². The molecule has 0 atom stereocenters. The molecule has 3 aromatic rings.